The molecule has 1 aromatic carbocycles. The summed E-state index contributed by atoms with van der Waals surface area (Å²) in [6.07, 6.45) is -0.292. The van der Waals surface area contributed by atoms with E-state index in [1.54, 1.807) is 0 Å². The van der Waals surface area contributed by atoms with E-state index in [2.05, 4.69) is 40.8 Å². The van der Waals surface area contributed by atoms with Crippen LogP contribution in [0.1, 0.15) is 38.3 Å². The van der Waals surface area contributed by atoms with Crippen molar-refractivity contribution in [3.05, 3.63) is 35.7 Å². The molecule has 0 aliphatic carbocycles. The number of hydrogen-bond acceptors (Lipinski definition) is 6. The van der Waals surface area contributed by atoms with Crippen molar-refractivity contribution in [1.82, 2.24) is 20.0 Å². The molecule has 0 radical (unpaired) electrons. The molecule has 0 unspecified atom stereocenters. The van der Waals surface area contributed by atoms with E-state index in [4.69, 9.17) is 4.42 Å². The van der Waals surface area contributed by atoms with Gasteiger partial charge in [-0.25, -0.2) is 0 Å². The number of aliphatic hydroxyl groups is 1. The molecule has 6 nitrogen and oxygen atoms in total. The normalized spacial score (nSPS) is 22.0. The molecular weight excluding hydrogens is 316 g/mol. The summed E-state index contributed by atoms with van der Waals surface area (Å²) in [4.78, 5) is 4.70. The molecule has 0 saturated carbocycles. The minimum atomic E-state index is -0.292. The Hall–Kier alpha value is -1.76. The van der Waals surface area contributed by atoms with Gasteiger partial charge in [-0.1, -0.05) is 17.7 Å². The number of benzene rings is 1. The Kier molecular flexibility index (Phi) is 5.51. The van der Waals surface area contributed by atoms with Crippen LogP contribution in [-0.2, 0) is 0 Å². The van der Waals surface area contributed by atoms with Crippen LogP contribution in [0, 0.1) is 6.92 Å². The third-order valence-corrected chi connectivity index (χ3v) is 4.94. The number of aliphatic hydroxyl groups excluding tert-OH is 1. The molecule has 136 valence electrons. The molecule has 2 heterocycles. The number of rotatable bonds is 5. The smallest absolute Gasteiger partial charge is 0.247 e. The Morgan fingerprint density at radius 1 is 1.20 bits per heavy atom. The van der Waals surface area contributed by atoms with E-state index < -0.39 is 0 Å². The van der Waals surface area contributed by atoms with Gasteiger partial charge >= 0.3 is 0 Å². The second kappa shape index (κ2) is 7.64. The van der Waals surface area contributed by atoms with Crippen molar-refractivity contribution in [2.24, 2.45) is 0 Å². The summed E-state index contributed by atoms with van der Waals surface area (Å²) in [6, 6.07) is 8.59. The average Bonchev–Trinajstić information content (AvgIpc) is 3.06. The van der Waals surface area contributed by atoms with Gasteiger partial charge in [-0.05, 0) is 39.8 Å². The van der Waals surface area contributed by atoms with Gasteiger partial charge in [0.15, 0.2) is 0 Å². The van der Waals surface area contributed by atoms with Crippen LogP contribution in [0.5, 0.6) is 0 Å². The van der Waals surface area contributed by atoms with E-state index in [9.17, 15) is 5.11 Å². The highest BCUT2D eigenvalue weighted by molar-refractivity contribution is 5.52. The average molecular weight is 344 g/mol. The van der Waals surface area contributed by atoms with E-state index in [0.717, 1.165) is 31.7 Å². The monoisotopic (exact) mass is 344 g/mol. The van der Waals surface area contributed by atoms with Crippen molar-refractivity contribution in [3.8, 4) is 11.5 Å². The van der Waals surface area contributed by atoms with Gasteiger partial charge in [0.05, 0.1) is 12.1 Å². The quantitative estimate of drug-likeness (QED) is 0.899. The first kappa shape index (κ1) is 18.0. The van der Waals surface area contributed by atoms with Crippen molar-refractivity contribution < 1.29 is 9.52 Å². The Balaban J connectivity index is 1.66. The summed E-state index contributed by atoms with van der Waals surface area (Å²) in [5.74, 6) is 1.23. The molecule has 1 aromatic heterocycles. The van der Waals surface area contributed by atoms with Crippen LogP contribution in [0.15, 0.2) is 28.7 Å². The van der Waals surface area contributed by atoms with Gasteiger partial charge in [-0.15, -0.1) is 10.2 Å². The zero-order chi connectivity index (χ0) is 18.0. The molecule has 1 N–H and O–H groups in total. The number of hydrogen-bond donors (Lipinski definition) is 1. The van der Waals surface area contributed by atoms with Crippen LogP contribution < -0.4 is 0 Å². The van der Waals surface area contributed by atoms with Gasteiger partial charge in [-0.2, -0.15) is 0 Å². The molecule has 3 atom stereocenters. The molecular formula is C19H28N4O2. The molecule has 1 saturated heterocycles. The molecule has 25 heavy (non-hydrogen) atoms. The van der Waals surface area contributed by atoms with E-state index in [1.807, 2.05) is 31.2 Å². The Bertz CT molecular complexity index is 683. The second-order valence-electron chi connectivity index (χ2n) is 7.18. The van der Waals surface area contributed by atoms with Crippen molar-refractivity contribution in [3.63, 3.8) is 0 Å². The van der Waals surface area contributed by atoms with Crippen molar-refractivity contribution in [1.29, 1.82) is 0 Å². The Morgan fingerprint density at radius 2 is 1.92 bits per heavy atom. The molecule has 3 rings (SSSR count). The minimum absolute atomic E-state index is 0.0860. The van der Waals surface area contributed by atoms with Gasteiger partial charge in [0, 0.05) is 37.8 Å². The molecule has 2 aromatic rings. The zero-order valence-corrected chi connectivity index (χ0v) is 15.5. The summed E-state index contributed by atoms with van der Waals surface area (Å²) in [5, 5.41) is 18.1. The predicted octanol–water partition coefficient (Wildman–Crippen LogP) is 2.49. The fraction of sp³-hybridized carbons (Fsp3) is 0.579. The highest BCUT2D eigenvalue weighted by Gasteiger charge is 2.30. The summed E-state index contributed by atoms with van der Waals surface area (Å²) >= 11 is 0. The Morgan fingerprint density at radius 3 is 2.56 bits per heavy atom. The highest BCUT2D eigenvalue weighted by Crippen LogP contribution is 2.26. The molecule has 1 aliphatic heterocycles. The van der Waals surface area contributed by atoms with Gasteiger partial charge in [-0.3, -0.25) is 9.80 Å². The van der Waals surface area contributed by atoms with Crippen LogP contribution in [0.4, 0.5) is 0 Å². The van der Waals surface area contributed by atoms with Gasteiger partial charge < -0.3 is 9.52 Å². The van der Waals surface area contributed by atoms with Crippen LogP contribution >= 0.6 is 0 Å². The molecule has 0 amide bonds. The van der Waals surface area contributed by atoms with Crippen LogP contribution in [-0.4, -0.2) is 63.4 Å². The fourth-order valence-electron chi connectivity index (χ4n) is 3.36. The summed E-state index contributed by atoms with van der Waals surface area (Å²) in [7, 11) is 0. The first-order chi connectivity index (χ1) is 11.9. The summed E-state index contributed by atoms with van der Waals surface area (Å²) in [5.41, 5.74) is 2.16. The second-order valence-corrected chi connectivity index (χ2v) is 7.18. The molecule has 0 bridgehead atoms. The predicted molar refractivity (Wildman–Crippen MR) is 97.2 cm³/mol. The van der Waals surface area contributed by atoms with Crippen LogP contribution in [0.2, 0.25) is 0 Å². The van der Waals surface area contributed by atoms with E-state index in [1.165, 1.54) is 5.56 Å². The maximum absolute atomic E-state index is 9.62. The largest absolute Gasteiger partial charge is 0.419 e. The van der Waals surface area contributed by atoms with Gasteiger partial charge in [0.2, 0.25) is 11.8 Å². The van der Waals surface area contributed by atoms with E-state index in [-0.39, 0.29) is 12.1 Å². The molecule has 1 aliphatic rings. The lowest BCUT2D eigenvalue weighted by atomic mass is 10.1. The van der Waals surface area contributed by atoms with Crippen molar-refractivity contribution in [2.75, 3.05) is 26.2 Å². The van der Waals surface area contributed by atoms with Crippen molar-refractivity contribution >= 4 is 0 Å². The topological polar surface area (TPSA) is 65.6 Å². The molecule has 6 heteroatoms. The Labute approximate surface area is 149 Å². The fourth-order valence-corrected chi connectivity index (χ4v) is 3.36. The molecule has 0 spiro atoms. The number of nitrogens with zero attached hydrogens (tertiary/aromatic N) is 4. The lowest BCUT2D eigenvalue weighted by Crippen LogP contribution is -2.53. The van der Waals surface area contributed by atoms with Crippen LogP contribution in [0.25, 0.3) is 11.5 Å². The maximum Gasteiger partial charge on any atom is 0.247 e. The van der Waals surface area contributed by atoms with E-state index >= 15 is 0 Å². The standard InChI is InChI=1S/C19H28N4O2/c1-13-5-7-17(8-6-13)19-21-20-18(25-19)16(4)23-10-9-22(12-15(3)24)14(2)11-23/h5-8,14-16,24H,9-12H2,1-4H3/t14-,15-,16-/m0/s1. The number of aryl methyl sites for hydroxylation is 1. The lowest BCUT2D eigenvalue weighted by Gasteiger charge is -2.42. The third kappa shape index (κ3) is 4.26. The first-order valence-electron chi connectivity index (χ1n) is 9.00. The zero-order valence-electron chi connectivity index (χ0n) is 15.5. The maximum atomic E-state index is 9.62. The first-order valence-corrected chi connectivity index (χ1v) is 9.00. The van der Waals surface area contributed by atoms with E-state index in [0.29, 0.717) is 17.8 Å². The van der Waals surface area contributed by atoms with Crippen molar-refractivity contribution in [2.45, 2.75) is 45.9 Å². The summed E-state index contributed by atoms with van der Waals surface area (Å²) in [6.45, 7) is 11.7. The van der Waals surface area contributed by atoms with Gasteiger partial charge in [0.25, 0.3) is 0 Å². The summed E-state index contributed by atoms with van der Waals surface area (Å²) < 4.78 is 5.93. The highest BCUT2D eigenvalue weighted by atomic mass is 16.4. The molecule has 1 fully saturated rings. The lowest BCUT2D eigenvalue weighted by molar-refractivity contribution is 0.0257. The van der Waals surface area contributed by atoms with Gasteiger partial charge in [0.1, 0.15) is 0 Å². The SMILES string of the molecule is Cc1ccc(-c2nnc([C@H](C)N3CCN(C[C@H](C)O)[C@@H](C)C3)o2)cc1. The number of aromatic nitrogens is 2. The minimum Gasteiger partial charge on any atom is -0.419 e. The van der Waals surface area contributed by atoms with Crippen LogP contribution in [0.3, 0.4) is 0 Å². The number of β-amino-alcohol motifs (C(OH)–C–C–N with tert-alkyl or cyclic N) is 1. The number of piperazine rings is 1. The third-order valence-electron chi connectivity index (χ3n) is 4.94.